The largest absolute Gasteiger partial charge is 0.309 e. The fourth-order valence-electron chi connectivity index (χ4n) is 7.93. The predicted molar refractivity (Wildman–Crippen MR) is 226 cm³/mol. The van der Waals surface area contributed by atoms with E-state index in [0.29, 0.717) is 17.5 Å². The summed E-state index contributed by atoms with van der Waals surface area (Å²) in [5.74, 6) is 1.94. The number of nitrogens with zero attached hydrogens (tertiary/aromatic N) is 4. The van der Waals surface area contributed by atoms with Crippen LogP contribution in [0, 0.1) is 0 Å². The van der Waals surface area contributed by atoms with Gasteiger partial charge in [0, 0.05) is 53.3 Å². The molecule has 252 valence electrons. The number of para-hydroxylation sites is 1. The third-order valence-electron chi connectivity index (χ3n) is 10.5. The first-order valence-corrected chi connectivity index (χ1v) is 18.9. The van der Waals surface area contributed by atoms with Crippen molar-refractivity contribution in [2.24, 2.45) is 0 Å². The Hall–Kier alpha value is -6.95. The van der Waals surface area contributed by atoms with Crippen molar-refractivity contribution in [2.75, 3.05) is 0 Å². The van der Waals surface area contributed by atoms with E-state index in [4.69, 9.17) is 15.0 Å². The third-order valence-corrected chi connectivity index (χ3v) is 11.6. The van der Waals surface area contributed by atoms with Gasteiger partial charge < -0.3 is 4.57 Å². The van der Waals surface area contributed by atoms with E-state index >= 15 is 0 Å². The van der Waals surface area contributed by atoms with Crippen molar-refractivity contribution < 1.29 is 0 Å². The highest BCUT2D eigenvalue weighted by Crippen LogP contribution is 2.40. The van der Waals surface area contributed by atoms with Gasteiger partial charge >= 0.3 is 0 Å². The lowest BCUT2D eigenvalue weighted by Gasteiger charge is -2.12. The zero-order valence-electron chi connectivity index (χ0n) is 29.0. The van der Waals surface area contributed by atoms with Crippen LogP contribution in [0.5, 0.6) is 0 Å². The summed E-state index contributed by atoms with van der Waals surface area (Å²) in [5, 5.41) is 7.41. The SMILES string of the molecule is c1ccc(-c2ccc(-c3nc(-c4ccc(-n5c6ccccc6c6c7ccccc7ccc65)cc4)nc(-c4cccc5sc6ccccc6c45)n3)cc2)cc1. The van der Waals surface area contributed by atoms with Crippen molar-refractivity contribution in [3.05, 3.63) is 182 Å². The molecule has 0 aliphatic carbocycles. The molecule has 0 fully saturated rings. The number of hydrogen-bond donors (Lipinski definition) is 0. The maximum absolute atomic E-state index is 5.20. The van der Waals surface area contributed by atoms with Gasteiger partial charge in [0.25, 0.3) is 0 Å². The predicted octanol–water partition coefficient (Wildman–Crippen LogP) is 13.2. The topological polar surface area (TPSA) is 43.6 Å². The molecule has 3 aromatic heterocycles. The van der Waals surface area contributed by atoms with Crippen LogP contribution < -0.4 is 0 Å². The lowest BCUT2D eigenvalue weighted by Crippen LogP contribution is -2.01. The number of aromatic nitrogens is 4. The van der Waals surface area contributed by atoms with Gasteiger partial charge in [0.2, 0.25) is 0 Å². The molecule has 0 atom stereocenters. The van der Waals surface area contributed by atoms with Crippen LogP contribution in [0.2, 0.25) is 0 Å². The molecule has 0 spiro atoms. The summed E-state index contributed by atoms with van der Waals surface area (Å²) >= 11 is 1.80. The minimum absolute atomic E-state index is 0.637. The van der Waals surface area contributed by atoms with Crippen LogP contribution in [-0.4, -0.2) is 19.5 Å². The molecule has 0 aliphatic heterocycles. The summed E-state index contributed by atoms with van der Waals surface area (Å²) in [6.07, 6.45) is 0. The molecule has 4 nitrogen and oxygen atoms in total. The summed E-state index contributed by atoms with van der Waals surface area (Å²) in [4.78, 5) is 15.5. The summed E-state index contributed by atoms with van der Waals surface area (Å²) in [5.41, 5.74) is 8.64. The van der Waals surface area contributed by atoms with E-state index in [-0.39, 0.29) is 0 Å². The molecule has 0 radical (unpaired) electrons. The standard InChI is InChI=1S/C49H30N4S/c1-2-11-31(12-3-1)32-21-23-34(24-22-32)47-50-48(52-49(51-47)40-17-10-20-44-46(40)39-16-7-9-19-43(39)54-44)35-25-28-36(29-26-35)53-41-18-8-6-15-38(41)45-37-14-5-4-13-33(37)27-30-42(45)53/h1-30H. The van der Waals surface area contributed by atoms with Gasteiger partial charge in [-0.3, -0.25) is 0 Å². The van der Waals surface area contributed by atoms with Gasteiger partial charge in [-0.2, -0.15) is 0 Å². The number of thiophene rings is 1. The fourth-order valence-corrected chi connectivity index (χ4v) is 9.07. The molecule has 8 aromatic carbocycles. The van der Waals surface area contributed by atoms with Gasteiger partial charge in [-0.05, 0) is 70.4 Å². The molecule has 54 heavy (non-hydrogen) atoms. The highest BCUT2D eigenvalue weighted by molar-refractivity contribution is 7.25. The number of rotatable bonds is 5. The van der Waals surface area contributed by atoms with Gasteiger partial charge in [-0.1, -0.05) is 133 Å². The van der Waals surface area contributed by atoms with Crippen LogP contribution in [0.4, 0.5) is 0 Å². The maximum atomic E-state index is 5.20. The molecule has 0 saturated heterocycles. The van der Waals surface area contributed by atoms with E-state index in [1.165, 1.54) is 58.3 Å². The molecule has 0 amide bonds. The van der Waals surface area contributed by atoms with Crippen LogP contribution in [-0.2, 0) is 0 Å². The van der Waals surface area contributed by atoms with Crippen molar-refractivity contribution in [1.82, 2.24) is 19.5 Å². The molecule has 0 aliphatic rings. The summed E-state index contributed by atoms with van der Waals surface area (Å²) < 4.78 is 4.83. The monoisotopic (exact) mass is 706 g/mol. The third kappa shape index (κ3) is 4.94. The Bertz CT molecular complexity index is 3200. The molecule has 0 unspecified atom stereocenters. The first-order valence-electron chi connectivity index (χ1n) is 18.1. The van der Waals surface area contributed by atoms with Crippen LogP contribution in [0.25, 0.3) is 104 Å². The Morgan fingerprint density at radius 1 is 0.352 bits per heavy atom. The molecule has 11 aromatic rings. The smallest absolute Gasteiger partial charge is 0.164 e. The molecule has 0 saturated carbocycles. The van der Waals surface area contributed by atoms with E-state index in [0.717, 1.165) is 27.9 Å². The van der Waals surface area contributed by atoms with Gasteiger partial charge in [0.05, 0.1) is 11.0 Å². The maximum Gasteiger partial charge on any atom is 0.164 e. The minimum atomic E-state index is 0.637. The van der Waals surface area contributed by atoms with Crippen molar-refractivity contribution in [3.63, 3.8) is 0 Å². The summed E-state index contributed by atoms with van der Waals surface area (Å²) in [6.45, 7) is 0. The molecule has 0 N–H and O–H groups in total. The first kappa shape index (κ1) is 30.7. The highest BCUT2D eigenvalue weighted by Gasteiger charge is 2.18. The highest BCUT2D eigenvalue weighted by atomic mass is 32.1. The molecule has 11 rings (SSSR count). The van der Waals surface area contributed by atoms with Crippen LogP contribution in [0.3, 0.4) is 0 Å². The van der Waals surface area contributed by atoms with Gasteiger partial charge in [-0.25, -0.2) is 15.0 Å². The van der Waals surface area contributed by atoms with Gasteiger partial charge in [-0.15, -0.1) is 11.3 Å². The first-order chi connectivity index (χ1) is 26.8. The van der Waals surface area contributed by atoms with Gasteiger partial charge in [0.15, 0.2) is 17.5 Å². The average Bonchev–Trinajstić information content (AvgIpc) is 3.80. The van der Waals surface area contributed by atoms with Crippen LogP contribution in [0.15, 0.2) is 182 Å². The second kappa shape index (κ2) is 12.3. The zero-order chi connectivity index (χ0) is 35.6. The lowest BCUT2D eigenvalue weighted by atomic mass is 10.0. The Morgan fingerprint density at radius 3 is 1.74 bits per heavy atom. The zero-order valence-corrected chi connectivity index (χ0v) is 29.8. The molecule has 3 heterocycles. The number of fused-ring (bicyclic) bond motifs is 8. The van der Waals surface area contributed by atoms with Crippen LogP contribution >= 0.6 is 11.3 Å². The second-order valence-electron chi connectivity index (χ2n) is 13.6. The van der Waals surface area contributed by atoms with E-state index in [1.54, 1.807) is 11.3 Å². The van der Waals surface area contributed by atoms with Crippen LogP contribution in [0.1, 0.15) is 0 Å². The second-order valence-corrected chi connectivity index (χ2v) is 14.7. The van der Waals surface area contributed by atoms with Crippen molar-refractivity contribution in [2.45, 2.75) is 0 Å². The van der Waals surface area contributed by atoms with Crippen molar-refractivity contribution in [3.8, 4) is 51.0 Å². The quantitative estimate of drug-likeness (QED) is 0.179. The van der Waals surface area contributed by atoms with E-state index in [1.807, 2.05) is 6.07 Å². The Balaban J connectivity index is 1.08. The lowest BCUT2D eigenvalue weighted by molar-refractivity contribution is 1.07. The van der Waals surface area contributed by atoms with Crippen molar-refractivity contribution in [1.29, 1.82) is 0 Å². The van der Waals surface area contributed by atoms with Gasteiger partial charge in [0.1, 0.15) is 0 Å². The fraction of sp³-hybridized carbons (Fsp3) is 0. The molecule has 0 bridgehead atoms. The Labute approximate surface area is 315 Å². The average molecular weight is 707 g/mol. The molecular weight excluding hydrogens is 677 g/mol. The Morgan fingerprint density at radius 2 is 0.944 bits per heavy atom. The number of hydrogen-bond acceptors (Lipinski definition) is 4. The van der Waals surface area contributed by atoms with E-state index in [9.17, 15) is 0 Å². The molecule has 5 heteroatoms. The number of benzene rings is 8. The summed E-state index contributed by atoms with van der Waals surface area (Å²) in [7, 11) is 0. The Kier molecular flexibility index (Phi) is 7.00. The normalized spacial score (nSPS) is 11.7. The minimum Gasteiger partial charge on any atom is -0.309 e. The van der Waals surface area contributed by atoms with E-state index < -0.39 is 0 Å². The van der Waals surface area contributed by atoms with E-state index in [2.05, 4.69) is 180 Å². The van der Waals surface area contributed by atoms with Crippen molar-refractivity contribution >= 4 is 64.1 Å². The summed E-state index contributed by atoms with van der Waals surface area (Å²) in [6, 6.07) is 64.4. The molecular formula is C49H30N4S.